The number of rotatable bonds is 3. The van der Waals surface area contributed by atoms with E-state index in [0.717, 1.165) is 28.8 Å². The number of benzene rings is 1. The molecule has 0 atom stereocenters. The molecular formula is C14H15ClN2O2S. The summed E-state index contributed by atoms with van der Waals surface area (Å²) in [7, 11) is 1.38. The monoisotopic (exact) mass is 310 g/mol. The minimum Gasteiger partial charge on any atom is -0.466 e. The fourth-order valence-corrected chi connectivity index (χ4v) is 3.00. The van der Waals surface area contributed by atoms with E-state index in [0.29, 0.717) is 5.02 Å². The Hall–Kier alpha value is -1.46. The lowest BCUT2D eigenvalue weighted by molar-refractivity contribution is -0.134. The number of ether oxygens (including phenoxy) is 1. The number of aliphatic imine (C=N–C) groups is 1. The van der Waals surface area contributed by atoms with Crippen LogP contribution in [0.25, 0.3) is 0 Å². The van der Waals surface area contributed by atoms with Crippen LogP contribution in [0.1, 0.15) is 6.92 Å². The lowest BCUT2D eigenvalue weighted by Gasteiger charge is -2.17. The van der Waals surface area contributed by atoms with Gasteiger partial charge in [0, 0.05) is 29.1 Å². The zero-order chi connectivity index (χ0) is 14.5. The van der Waals surface area contributed by atoms with Crippen molar-refractivity contribution in [3.63, 3.8) is 0 Å². The SMILES string of the molecule is CCN1C(=CC(=O)OC)CSC1=Nc1ccc(Cl)cc1. The van der Waals surface area contributed by atoms with Crippen LogP contribution < -0.4 is 0 Å². The molecule has 1 heterocycles. The molecule has 2 rings (SSSR count). The summed E-state index contributed by atoms with van der Waals surface area (Å²) in [5.74, 6) is 0.377. The summed E-state index contributed by atoms with van der Waals surface area (Å²) < 4.78 is 4.67. The third kappa shape index (κ3) is 3.55. The number of hydrogen-bond donors (Lipinski definition) is 0. The topological polar surface area (TPSA) is 41.9 Å². The number of carbonyl (C=O) groups is 1. The molecule has 0 radical (unpaired) electrons. The summed E-state index contributed by atoms with van der Waals surface area (Å²) in [6.45, 7) is 2.77. The summed E-state index contributed by atoms with van der Waals surface area (Å²) in [6.07, 6.45) is 1.51. The second kappa shape index (κ2) is 6.81. The molecule has 1 aromatic rings. The van der Waals surface area contributed by atoms with Crippen molar-refractivity contribution in [3.8, 4) is 0 Å². The molecule has 4 nitrogen and oxygen atoms in total. The Labute approximate surface area is 127 Å². The van der Waals surface area contributed by atoms with E-state index < -0.39 is 0 Å². The smallest absolute Gasteiger partial charge is 0.332 e. The number of amidine groups is 1. The molecule has 1 aliphatic rings. The van der Waals surface area contributed by atoms with E-state index in [9.17, 15) is 4.79 Å². The van der Waals surface area contributed by atoms with Crippen LogP contribution in [0.2, 0.25) is 5.02 Å². The molecule has 0 bridgehead atoms. The van der Waals surface area contributed by atoms with E-state index in [1.165, 1.54) is 13.2 Å². The molecule has 0 spiro atoms. The number of hydrogen-bond acceptors (Lipinski definition) is 4. The Bertz CT molecular complexity index is 555. The molecule has 106 valence electrons. The molecule has 0 aliphatic carbocycles. The van der Waals surface area contributed by atoms with Gasteiger partial charge in [-0.2, -0.15) is 0 Å². The minimum absolute atomic E-state index is 0.341. The van der Waals surface area contributed by atoms with Gasteiger partial charge in [0.25, 0.3) is 0 Å². The van der Waals surface area contributed by atoms with Gasteiger partial charge in [0.15, 0.2) is 5.17 Å². The van der Waals surface area contributed by atoms with Crippen LogP contribution in [0.3, 0.4) is 0 Å². The lowest BCUT2D eigenvalue weighted by Crippen LogP contribution is -2.23. The van der Waals surface area contributed by atoms with Crippen molar-refractivity contribution in [1.82, 2.24) is 4.90 Å². The second-order valence-electron chi connectivity index (χ2n) is 4.06. The number of nitrogens with zero attached hydrogens (tertiary/aromatic N) is 2. The third-order valence-electron chi connectivity index (χ3n) is 2.78. The van der Waals surface area contributed by atoms with Crippen molar-refractivity contribution < 1.29 is 9.53 Å². The summed E-state index contributed by atoms with van der Waals surface area (Å²) in [5, 5.41) is 1.57. The maximum Gasteiger partial charge on any atom is 0.332 e. The summed E-state index contributed by atoms with van der Waals surface area (Å²) in [4.78, 5) is 17.9. The molecule has 1 saturated heterocycles. The predicted molar refractivity (Wildman–Crippen MR) is 83.5 cm³/mol. The number of halogens is 1. The third-order valence-corrected chi connectivity index (χ3v) is 4.04. The number of thioether (sulfide) groups is 1. The van der Waals surface area contributed by atoms with Gasteiger partial charge >= 0.3 is 5.97 Å². The molecule has 0 aromatic heterocycles. The first-order valence-electron chi connectivity index (χ1n) is 6.17. The van der Waals surface area contributed by atoms with Crippen LogP contribution in [-0.4, -0.2) is 35.4 Å². The van der Waals surface area contributed by atoms with Gasteiger partial charge in [-0.1, -0.05) is 23.4 Å². The van der Waals surface area contributed by atoms with Gasteiger partial charge < -0.3 is 9.64 Å². The highest BCUT2D eigenvalue weighted by Gasteiger charge is 2.24. The first-order chi connectivity index (χ1) is 9.63. The van der Waals surface area contributed by atoms with E-state index in [-0.39, 0.29) is 5.97 Å². The van der Waals surface area contributed by atoms with E-state index >= 15 is 0 Å². The van der Waals surface area contributed by atoms with Crippen molar-refractivity contribution in [1.29, 1.82) is 0 Å². The summed E-state index contributed by atoms with van der Waals surface area (Å²) >= 11 is 7.46. The summed E-state index contributed by atoms with van der Waals surface area (Å²) in [5.41, 5.74) is 1.76. The Morgan fingerprint density at radius 3 is 2.80 bits per heavy atom. The highest BCUT2D eigenvalue weighted by atomic mass is 35.5. The van der Waals surface area contributed by atoms with E-state index in [4.69, 9.17) is 11.6 Å². The molecular weight excluding hydrogens is 296 g/mol. The first kappa shape index (κ1) is 14.9. The second-order valence-corrected chi connectivity index (χ2v) is 5.44. The van der Waals surface area contributed by atoms with Crippen molar-refractivity contribution in [2.45, 2.75) is 6.92 Å². The first-order valence-corrected chi connectivity index (χ1v) is 7.53. The van der Waals surface area contributed by atoms with Gasteiger partial charge in [0.2, 0.25) is 0 Å². The van der Waals surface area contributed by atoms with Crippen LogP contribution in [0.15, 0.2) is 41.0 Å². The summed E-state index contributed by atoms with van der Waals surface area (Å²) in [6, 6.07) is 7.35. The lowest BCUT2D eigenvalue weighted by atomic mass is 10.3. The molecule has 0 unspecified atom stereocenters. The van der Waals surface area contributed by atoms with Gasteiger partial charge in [0.1, 0.15) is 0 Å². The average Bonchev–Trinajstić information content (AvgIpc) is 2.83. The van der Waals surface area contributed by atoms with Crippen LogP contribution in [0.4, 0.5) is 5.69 Å². The standard InChI is InChI=1S/C14H15ClN2O2S/c1-3-17-12(8-13(18)19-2)9-20-14(17)16-11-6-4-10(15)5-7-11/h4-8H,3,9H2,1-2H3. The maximum absolute atomic E-state index is 11.3. The van der Waals surface area contributed by atoms with E-state index in [2.05, 4.69) is 9.73 Å². The molecule has 0 N–H and O–H groups in total. The molecule has 20 heavy (non-hydrogen) atoms. The van der Waals surface area contributed by atoms with Crippen molar-refractivity contribution >= 4 is 40.2 Å². The van der Waals surface area contributed by atoms with E-state index in [1.54, 1.807) is 11.8 Å². The molecule has 1 aliphatic heterocycles. The molecule has 0 amide bonds. The molecule has 6 heteroatoms. The quantitative estimate of drug-likeness (QED) is 0.633. The normalized spacial score (nSPS) is 18.9. The van der Waals surface area contributed by atoms with Gasteiger partial charge in [-0.25, -0.2) is 9.79 Å². The predicted octanol–water partition coefficient (Wildman–Crippen LogP) is 3.45. The van der Waals surface area contributed by atoms with E-state index in [1.807, 2.05) is 36.1 Å². The highest BCUT2D eigenvalue weighted by molar-refractivity contribution is 8.14. The van der Waals surface area contributed by atoms with Crippen LogP contribution in [-0.2, 0) is 9.53 Å². The Balaban J connectivity index is 2.23. The van der Waals surface area contributed by atoms with Gasteiger partial charge in [0.05, 0.1) is 12.8 Å². The van der Waals surface area contributed by atoms with Gasteiger partial charge in [-0.05, 0) is 31.2 Å². The number of esters is 1. The molecule has 1 aromatic carbocycles. The zero-order valence-corrected chi connectivity index (χ0v) is 12.9. The number of methoxy groups -OCH3 is 1. The van der Waals surface area contributed by atoms with Crippen molar-refractivity contribution in [2.75, 3.05) is 19.4 Å². The highest BCUT2D eigenvalue weighted by Crippen LogP contribution is 2.29. The molecule has 0 saturated carbocycles. The number of carbonyl (C=O) groups excluding carboxylic acids is 1. The fraction of sp³-hybridized carbons (Fsp3) is 0.286. The van der Waals surface area contributed by atoms with Crippen molar-refractivity contribution in [2.24, 2.45) is 4.99 Å². The van der Waals surface area contributed by atoms with Gasteiger partial charge in [-0.3, -0.25) is 0 Å². The zero-order valence-electron chi connectivity index (χ0n) is 11.3. The Morgan fingerprint density at radius 2 is 2.20 bits per heavy atom. The minimum atomic E-state index is -0.341. The van der Waals surface area contributed by atoms with Crippen LogP contribution >= 0.6 is 23.4 Å². The van der Waals surface area contributed by atoms with Crippen molar-refractivity contribution in [3.05, 3.63) is 41.1 Å². The molecule has 1 fully saturated rings. The van der Waals surface area contributed by atoms with Gasteiger partial charge in [-0.15, -0.1) is 0 Å². The average molecular weight is 311 g/mol. The van der Waals surface area contributed by atoms with Crippen LogP contribution in [0.5, 0.6) is 0 Å². The fourth-order valence-electron chi connectivity index (χ4n) is 1.79. The Morgan fingerprint density at radius 1 is 1.50 bits per heavy atom. The Kier molecular flexibility index (Phi) is 5.09. The largest absolute Gasteiger partial charge is 0.466 e. The maximum atomic E-state index is 11.3. The van der Waals surface area contributed by atoms with Crippen LogP contribution in [0, 0.1) is 0 Å².